The van der Waals surface area contributed by atoms with Crippen molar-refractivity contribution in [1.29, 1.82) is 0 Å². The van der Waals surface area contributed by atoms with E-state index in [4.69, 9.17) is 0 Å². The average Bonchev–Trinajstić information content (AvgIpc) is 2.31. The summed E-state index contributed by atoms with van der Waals surface area (Å²) in [6.45, 7) is 2.01. The molecule has 100 valence electrons. The molecule has 0 amide bonds. The van der Waals surface area contributed by atoms with Crippen LogP contribution in [-0.4, -0.2) is 5.11 Å². The Kier molecular flexibility index (Phi) is 4.97. The van der Waals surface area contributed by atoms with E-state index in [0.717, 1.165) is 20.3 Å². The summed E-state index contributed by atoms with van der Waals surface area (Å²) in [5.41, 5.74) is 2.80. The van der Waals surface area contributed by atoms with Crippen molar-refractivity contribution in [2.24, 2.45) is 0 Å². The topological polar surface area (TPSA) is 20.2 Å². The monoisotopic (exact) mass is 434 g/mol. The Morgan fingerprint density at radius 3 is 2.74 bits per heavy atom. The van der Waals surface area contributed by atoms with Gasteiger partial charge in [-0.3, -0.25) is 0 Å². The maximum absolute atomic E-state index is 13.3. The highest BCUT2D eigenvalue weighted by molar-refractivity contribution is 14.1. The second kappa shape index (κ2) is 6.33. The summed E-state index contributed by atoms with van der Waals surface area (Å²) in [6.07, 6.45) is -0.226. The third kappa shape index (κ3) is 3.77. The van der Waals surface area contributed by atoms with E-state index >= 15 is 0 Å². The number of rotatable bonds is 3. The molecular weight excluding hydrogens is 422 g/mol. The lowest BCUT2D eigenvalue weighted by Crippen LogP contribution is -2.05. The van der Waals surface area contributed by atoms with Gasteiger partial charge < -0.3 is 5.11 Å². The van der Waals surface area contributed by atoms with E-state index in [9.17, 15) is 9.50 Å². The average molecular weight is 435 g/mol. The molecule has 0 aliphatic heterocycles. The summed E-state index contributed by atoms with van der Waals surface area (Å²) in [6, 6.07) is 10.5. The summed E-state index contributed by atoms with van der Waals surface area (Å²) >= 11 is 5.50. The SMILES string of the molecule is Cc1cccc(C(O)Cc2cc(F)cc(Br)c2)c1I. The van der Waals surface area contributed by atoms with Gasteiger partial charge in [-0.15, -0.1) is 0 Å². The number of aliphatic hydroxyl groups is 1. The second-order valence-corrected chi connectivity index (χ2v) is 6.47. The summed E-state index contributed by atoms with van der Waals surface area (Å²) in [4.78, 5) is 0. The van der Waals surface area contributed by atoms with Gasteiger partial charge >= 0.3 is 0 Å². The standard InChI is InChI=1S/C15H13BrFIO/c1-9-3-2-4-13(15(9)18)14(19)7-10-5-11(16)8-12(17)6-10/h2-6,8,14,19H,7H2,1H3. The summed E-state index contributed by atoms with van der Waals surface area (Å²) in [5.74, 6) is -0.296. The molecule has 1 unspecified atom stereocenters. The maximum atomic E-state index is 13.3. The van der Waals surface area contributed by atoms with E-state index in [2.05, 4.69) is 38.5 Å². The first kappa shape index (κ1) is 14.9. The highest BCUT2D eigenvalue weighted by Gasteiger charge is 2.13. The van der Waals surface area contributed by atoms with Crippen LogP contribution in [-0.2, 0) is 6.42 Å². The Morgan fingerprint density at radius 2 is 2.05 bits per heavy atom. The van der Waals surface area contributed by atoms with E-state index in [1.807, 2.05) is 31.2 Å². The van der Waals surface area contributed by atoms with Crippen molar-refractivity contribution in [2.75, 3.05) is 0 Å². The fourth-order valence-corrected chi connectivity index (χ4v) is 3.22. The van der Waals surface area contributed by atoms with E-state index in [1.165, 1.54) is 12.1 Å². The first-order chi connectivity index (χ1) is 8.97. The van der Waals surface area contributed by atoms with Gasteiger partial charge in [0, 0.05) is 14.5 Å². The molecule has 0 saturated heterocycles. The van der Waals surface area contributed by atoms with Crippen LogP contribution in [0.4, 0.5) is 4.39 Å². The van der Waals surface area contributed by atoms with Crippen LogP contribution in [0.25, 0.3) is 0 Å². The molecule has 0 bridgehead atoms. The smallest absolute Gasteiger partial charge is 0.124 e. The molecule has 2 rings (SSSR count). The minimum atomic E-state index is -0.625. The number of aryl methyl sites for hydroxylation is 1. The van der Waals surface area contributed by atoms with Crippen LogP contribution in [0, 0.1) is 16.3 Å². The molecule has 4 heteroatoms. The molecule has 0 aliphatic carbocycles. The van der Waals surface area contributed by atoms with Crippen molar-refractivity contribution in [1.82, 2.24) is 0 Å². The van der Waals surface area contributed by atoms with E-state index in [0.29, 0.717) is 10.9 Å². The van der Waals surface area contributed by atoms with Crippen molar-refractivity contribution in [3.63, 3.8) is 0 Å². The van der Waals surface area contributed by atoms with Crippen molar-refractivity contribution in [3.8, 4) is 0 Å². The van der Waals surface area contributed by atoms with Gasteiger partial charge in [-0.25, -0.2) is 4.39 Å². The molecule has 0 spiro atoms. The quantitative estimate of drug-likeness (QED) is 0.689. The normalized spacial score (nSPS) is 12.5. The number of hydrogen-bond donors (Lipinski definition) is 1. The summed E-state index contributed by atoms with van der Waals surface area (Å²) < 4.78 is 15.1. The van der Waals surface area contributed by atoms with Crippen LogP contribution < -0.4 is 0 Å². The molecule has 2 aromatic rings. The lowest BCUT2D eigenvalue weighted by atomic mass is 10.00. The zero-order valence-corrected chi connectivity index (χ0v) is 14.1. The molecule has 1 N–H and O–H groups in total. The van der Waals surface area contributed by atoms with Crippen LogP contribution in [0.1, 0.15) is 22.8 Å². The third-order valence-electron chi connectivity index (χ3n) is 2.93. The zero-order chi connectivity index (χ0) is 14.0. The molecule has 1 atom stereocenters. The lowest BCUT2D eigenvalue weighted by molar-refractivity contribution is 0.177. The van der Waals surface area contributed by atoms with Gasteiger partial charge in [0.25, 0.3) is 0 Å². The summed E-state index contributed by atoms with van der Waals surface area (Å²) in [5, 5.41) is 10.3. The van der Waals surface area contributed by atoms with Crippen molar-refractivity contribution in [2.45, 2.75) is 19.4 Å². The van der Waals surface area contributed by atoms with Gasteiger partial charge in [0.05, 0.1) is 6.10 Å². The van der Waals surface area contributed by atoms with Crippen LogP contribution >= 0.6 is 38.5 Å². The minimum absolute atomic E-state index is 0.296. The number of hydrogen-bond acceptors (Lipinski definition) is 1. The zero-order valence-electron chi connectivity index (χ0n) is 10.3. The molecule has 0 heterocycles. The molecule has 0 aliphatic rings. The van der Waals surface area contributed by atoms with Crippen LogP contribution in [0.15, 0.2) is 40.9 Å². The van der Waals surface area contributed by atoms with Crippen molar-refractivity contribution >= 4 is 38.5 Å². The van der Waals surface area contributed by atoms with Gasteiger partial charge in [-0.05, 0) is 64.4 Å². The molecule has 1 nitrogen and oxygen atoms in total. The van der Waals surface area contributed by atoms with E-state index < -0.39 is 6.10 Å². The first-order valence-electron chi connectivity index (χ1n) is 5.85. The van der Waals surface area contributed by atoms with Crippen LogP contribution in [0.2, 0.25) is 0 Å². The molecule has 19 heavy (non-hydrogen) atoms. The minimum Gasteiger partial charge on any atom is -0.388 e. The largest absolute Gasteiger partial charge is 0.388 e. The molecule has 0 radical (unpaired) electrons. The summed E-state index contributed by atoms with van der Waals surface area (Å²) in [7, 11) is 0. The van der Waals surface area contributed by atoms with Crippen molar-refractivity contribution < 1.29 is 9.50 Å². The fraction of sp³-hybridized carbons (Fsp3) is 0.200. The van der Waals surface area contributed by atoms with E-state index in [-0.39, 0.29) is 5.82 Å². The van der Waals surface area contributed by atoms with Crippen LogP contribution in [0.5, 0.6) is 0 Å². The fourth-order valence-electron chi connectivity index (χ4n) is 1.99. The second-order valence-electron chi connectivity index (χ2n) is 4.48. The molecule has 0 aromatic heterocycles. The van der Waals surface area contributed by atoms with Gasteiger partial charge in [-0.2, -0.15) is 0 Å². The Bertz CT molecular complexity index is 580. The number of halogens is 3. The number of aliphatic hydroxyl groups excluding tert-OH is 1. The Morgan fingerprint density at radius 1 is 1.32 bits per heavy atom. The van der Waals surface area contributed by atoms with Gasteiger partial charge in [-0.1, -0.05) is 34.1 Å². The van der Waals surface area contributed by atoms with Gasteiger partial charge in [0.1, 0.15) is 5.82 Å². The Labute approximate surface area is 134 Å². The van der Waals surface area contributed by atoms with Gasteiger partial charge in [0.2, 0.25) is 0 Å². The predicted molar refractivity (Wildman–Crippen MR) is 86.7 cm³/mol. The van der Waals surface area contributed by atoms with Gasteiger partial charge in [0.15, 0.2) is 0 Å². The molecule has 0 fully saturated rings. The predicted octanol–water partition coefficient (Wildman–Crippen LogP) is 4.78. The Hall–Kier alpha value is -0.460. The van der Waals surface area contributed by atoms with Crippen molar-refractivity contribution in [3.05, 3.63) is 66.9 Å². The maximum Gasteiger partial charge on any atom is 0.124 e. The third-order valence-corrected chi connectivity index (χ3v) is 4.86. The molecule has 0 saturated carbocycles. The van der Waals surface area contributed by atoms with E-state index in [1.54, 1.807) is 0 Å². The highest BCUT2D eigenvalue weighted by atomic mass is 127. The first-order valence-corrected chi connectivity index (χ1v) is 7.72. The Balaban J connectivity index is 2.25. The molecule has 2 aromatic carbocycles. The lowest BCUT2D eigenvalue weighted by Gasteiger charge is -2.14. The van der Waals surface area contributed by atoms with Crippen LogP contribution in [0.3, 0.4) is 0 Å². The number of benzene rings is 2. The molecular formula is C15H13BrFIO. The highest BCUT2D eigenvalue weighted by Crippen LogP contribution is 2.26.